The second-order valence-electron chi connectivity index (χ2n) is 4.41. The van der Waals surface area contributed by atoms with E-state index in [1.54, 1.807) is 12.3 Å². The van der Waals surface area contributed by atoms with Crippen molar-refractivity contribution < 1.29 is 9.15 Å². The van der Waals surface area contributed by atoms with Gasteiger partial charge >= 0.3 is 0 Å². The maximum atomic E-state index is 5.68. The fourth-order valence-corrected chi connectivity index (χ4v) is 1.82. The first-order chi connectivity index (χ1) is 8.29. The number of hydrogen-bond acceptors (Lipinski definition) is 2. The van der Waals surface area contributed by atoms with Crippen molar-refractivity contribution >= 4 is 6.08 Å². The van der Waals surface area contributed by atoms with Gasteiger partial charge in [-0.15, -0.1) is 0 Å². The first kappa shape index (κ1) is 13.9. The van der Waals surface area contributed by atoms with Gasteiger partial charge in [0.25, 0.3) is 0 Å². The number of unbranched alkanes of at least 4 members (excludes halogenated alkanes) is 5. The van der Waals surface area contributed by atoms with Crippen LogP contribution in [0, 0.1) is 6.92 Å². The molecule has 0 N–H and O–H groups in total. The van der Waals surface area contributed by atoms with Gasteiger partial charge in [0.15, 0.2) is 5.75 Å². The molecule has 2 nitrogen and oxygen atoms in total. The normalized spacial score (nSPS) is 10.5. The predicted molar refractivity (Wildman–Crippen MR) is 72.4 cm³/mol. The van der Waals surface area contributed by atoms with Crippen LogP contribution in [0.15, 0.2) is 17.3 Å². The predicted octanol–water partition coefficient (Wildman–Crippen LogP) is 4.97. The molecule has 0 bridgehead atoms. The van der Waals surface area contributed by atoms with E-state index in [0.29, 0.717) is 0 Å². The molecule has 2 heteroatoms. The molecule has 0 unspecified atom stereocenters. The number of ether oxygens (including phenoxy) is 1. The summed E-state index contributed by atoms with van der Waals surface area (Å²) in [6.45, 7) is 8.71. The SMILES string of the molecule is C=Cc1occ(OCCCCCCCC)c1C. The molecule has 0 aliphatic rings. The maximum Gasteiger partial charge on any atom is 0.160 e. The second kappa shape index (κ2) is 7.99. The summed E-state index contributed by atoms with van der Waals surface area (Å²) < 4.78 is 11.0. The van der Waals surface area contributed by atoms with Crippen LogP contribution in [0.2, 0.25) is 0 Å². The van der Waals surface area contributed by atoms with E-state index in [4.69, 9.17) is 9.15 Å². The molecule has 1 aromatic rings. The number of furan rings is 1. The minimum atomic E-state index is 0.781. The molecule has 0 aliphatic heterocycles. The standard InChI is InChI=1S/C15H24O2/c1-4-6-7-8-9-10-11-16-15-12-17-14(5-2)13(15)3/h5,12H,2,4,6-11H2,1,3H3. The van der Waals surface area contributed by atoms with Crippen LogP contribution in [0.25, 0.3) is 6.08 Å². The molecule has 0 atom stereocenters. The summed E-state index contributed by atoms with van der Waals surface area (Å²) in [5.74, 6) is 1.66. The van der Waals surface area contributed by atoms with Gasteiger partial charge in [-0.2, -0.15) is 0 Å². The molecule has 1 rings (SSSR count). The van der Waals surface area contributed by atoms with Gasteiger partial charge in [-0.1, -0.05) is 45.6 Å². The topological polar surface area (TPSA) is 22.4 Å². The van der Waals surface area contributed by atoms with Gasteiger partial charge in [-0.25, -0.2) is 0 Å². The third-order valence-corrected chi connectivity index (χ3v) is 2.97. The Morgan fingerprint density at radius 2 is 1.94 bits per heavy atom. The van der Waals surface area contributed by atoms with Gasteiger partial charge in [-0.05, 0) is 19.4 Å². The van der Waals surface area contributed by atoms with E-state index >= 15 is 0 Å². The summed E-state index contributed by atoms with van der Waals surface area (Å²) in [4.78, 5) is 0. The Balaban J connectivity index is 2.13. The van der Waals surface area contributed by atoms with Crippen LogP contribution in [0.1, 0.15) is 56.8 Å². The first-order valence-electron chi connectivity index (χ1n) is 6.63. The Bertz CT molecular complexity index is 326. The van der Waals surface area contributed by atoms with Crippen LogP contribution < -0.4 is 4.74 Å². The smallest absolute Gasteiger partial charge is 0.160 e. The molecule has 0 fully saturated rings. The highest BCUT2D eigenvalue weighted by atomic mass is 16.5. The minimum absolute atomic E-state index is 0.781. The fraction of sp³-hybridized carbons (Fsp3) is 0.600. The van der Waals surface area contributed by atoms with Crippen molar-refractivity contribution in [2.45, 2.75) is 52.4 Å². The lowest BCUT2D eigenvalue weighted by Crippen LogP contribution is -1.97. The Morgan fingerprint density at radius 3 is 2.59 bits per heavy atom. The van der Waals surface area contributed by atoms with Crippen molar-refractivity contribution in [1.82, 2.24) is 0 Å². The monoisotopic (exact) mass is 236 g/mol. The van der Waals surface area contributed by atoms with E-state index in [2.05, 4.69) is 13.5 Å². The molecule has 1 aromatic heterocycles. The first-order valence-corrected chi connectivity index (χ1v) is 6.63. The minimum Gasteiger partial charge on any atom is -0.490 e. The fourth-order valence-electron chi connectivity index (χ4n) is 1.82. The zero-order valence-corrected chi connectivity index (χ0v) is 11.1. The van der Waals surface area contributed by atoms with Crippen molar-refractivity contribution in [3.05, 3.63) is 24.2 Å². The van der Waals surface area contributed by atoms with E-state index < -0.39 is 0 Å². The molecule has 0 saturated carbocycles. The lowest BCUT2D eigenvalue weighted by Gasteiger charge is -2.04. The van der Waals surface area contributed by atoms with Crippen LogP contribution in [0.5, 0.6) is 5.75 Å². The molecular formula is C15H24O2. The van der Waals surface area contributed by atoms with E-state index in [1.165, 1.54) is 32.1 Å². The van der Waals surface area contributed by atoms with Gasteiger partial charge in [0.2, 0.25) is 0 Å². The zero-order valence-electron chi connectivity index (χ0n) is 11.1. The average Bonchev–Trinajstić information content (AvgIpc) is 2.69. The summed E-state index contributed by atoms with van der Waals surface area (Å²) in [7, 11) is 0. The van der Waals surface area contributed by atoms with E-state index in [1.807, 2.05) is 6.92 Å². The Hall–Kier alpha value is -1.18. The Labute approximate surface area is 105 Å². The quantitative estimate of drug-likeness (QED) is 0.565. The highest BCUT2D eigenvalue weighted by molar-refractivity contribution is 5.49. The largest absolute Gasteiger partial charge is 0.490 e. The lowest BCUT2D eigenvalue weighted by molar-refractivity contribution is 0.299. The number of rotatable bonds is 9. The zero-order chi connectivity index (χ0) is 12.5. The third kappa shape index (κ3) is 4.68. The highest BCUT2D eigenvalue weighted by Crippen LogP contribution is 2.24. The van der Waals surface area contributed by atoms with Gasteiger partial charge in [-0.3, -0.25) is 0 Å². The van der Waals surface area contributed by atoms with E-state index in [-0.39, 0.29) is 0 Å². The molecule has 96 valence electrons. The van der Waals surface area contributed by atoms with Gasteiger partial charge < -0.3 is 9.15 Å². The lowest BCUT2D eigenvalue weighted by atomic mass is 10.1. The molecule has 0 spiro atoms. The molecule has 0 saturated heterocycles. The van der Waals surface area contributed by atoms with E-state index in [0.717, 1.165) is 30.1 Å². The van der Waals surface area contributed by atoms with Crippen molar-refractivity contribution in [2.24, 2.45) is 0 Å². The van der Waals surface area contributed by atoms with Crippen molar-refractivity contribution in [3.8, 4) is 5.75 Å². The van der Waals surface area contributed by atoms with Crippen LogP contribution in [-0.4, -0.2) is 6.61 Å². The molecule has 0 radical (unpaired) electrons. The Morgan fingerprint density at radius 1 is 1.24 bits per heavy atom. The second-order valence-corrected chi connectivity index (χ2v) is 4.41. The van der Waals surface area contributed by atoms with Gasteiger partial charge in [0.05, 0.1) is 6.61 Å². The molecule has 0 amide bonds. The third-order valence-electron chi connectivity index (χ3n) is 2.97. The average molecular weight is 236 g/mol. The van der Waals surface area contributed by atoms with Gasteiger partial charge in [0, 0.05) is 5.56 Å². The summed E-state index contributed by atoms with van der Waals surface area (Å²) >= 11 is 0. The summed E-state index contributed by atoms with van der Waals surface area (Å²) in [5.41, 5.74) is 1.05. The molecule has 17 heavy (non-hydrogen) atoms. The van der Waals surface area contributed by atoms with Crippen molar-refractivity contribution in [3.63, 3.8) is 0 Å². The van der Waals surface area contributed by atoms with Crippen LogP contribution in [0.3, 0.4) is 0 Å². The molecular weight excluding hydrogens is 212 g/mol. The summed E-state index contributed by atoms with van der Waals surface area (Å²) in [5, 5.41) is 0. The van der Waals surface area contributed by atoms with Crippen LogP contribution in [-0.2, 0) is 0 Å². The maximum absolute atomic E-state index is 5.68. The Kier molecular flexibility index (Phi) is 6.53. The van der Waals surface area contributed by atoms with Crippen molar-refractivity contribution in [2.75, 3.05) is 6.61 Å². The van der Waals surface area contributed by atoms with Crippen LogP contribution in [0.4, 0.5) is 0 Å². The molecule has 0 aromatic carbocycles. The van der Waals surface area contributed by atoms with Crippen LogP contribution >= 0.6 is 0 Å². The summed E-state index contributed by atoms with van der Waals surface area (Å²) in [6.07, 6.45) is 11.1. The molecule has 1 heterocycles. The number of hydrogen-bond donors (Lipinski definition) is 0. The highest BCUT2D eigenvalue weighted by Gasteiger charge is 2.07. The summed E-state index contributed by atoms with van der Waals surface area (Å²) in [6, 6.07) is 0. The van der Waals surface area contributed by atoms with Crippen molar-refractivity contribution in [1.29, 1.82) is 0 Å². The molecule has 0 aliphatic carbocycles. The van der Waals surface area contributed by atoms with Gasteiger partial charge in [0.1, 0.15) is 12.0 Å². The van der Waals surface area contributed by atoms with E-state index in [9.17, 15) is 0 Å².